The van der Waals surface area contributed by atoms with E-state index in [1.165, 1.54) is 32.1 Å². The second-order valence-electron chi connectivity index (χ2n) is 6.33. The van der Waals surface area contributed by atoms with Crippen LogP contribution in [0.5, 0.6) is 0 Å². The molecule has 1 heterocycles. The van der Waals surface area contributed by atoms with Crippen molar-refractivity contribution in [2.45, 2.75) is 65.0 Å². The highest BCUT2D eigenvalue weighted by Gasteiger charge is 2.31. The third-order valence-electron chi connectivity index (χ3n) is 4.78. The molecule has 3 heteroatoms. The molecule has 1 N–H and O–H groups in total. The number of rotatable bonds is 3. The maximum Gasteiger partial charge on any atom is 0.239 e. The van der Waals surface area contributed by atoms with Gasteiger partial charge in [0.05, 0.1) is 6.04 Å². The van der Waals surface area contributed by atoms with Crippen LogP contribution in [0.1, 0.15) is 52.9 Å². The van der Waals surface area contributed by atoms with E-state index in [4.69, 9.17) is 0 Å². The summed E-state index contributed by atoms with van der Waals surface area (Å²) in [5.41, 5.74) is 0. The third kappa shape index (κ3) is 3.05. The lowest BCUT2D eigenvalue weighted by atomic mass is 9.78. The zero-order chi connectivity index (χ0) is 13.1. The van der Waals surface area contributed by atoms with Crippen LogP contribution in [0.15, 0.2) is 0 Å². The van der Waals surface area contributed by atoms with Gasteiger partial charge in [0.15, 0.2) is 0 Å². The highest BCUT2D eigenvalue weighted by Crippen LogP contribution is 2.29. The van der Waals surface area contributed by atoms with Crippen molar-refractivity contribution in [3.63, 3.8) is 0 Å². The van der Waals surface area contributed by atoms with E-state index in [0.29, 0.717) is 23.8 Å². The Kier molecular flexibility index (Phi) is 4.66. The number of amides is 1. The number of hydrogen-bond acceptors (Lipinski definition) is 2. The van der Waals surface area contributed by atoms with Gasteiger partial charge in [-0.3, -0.25) is 4.79 Å². The highest BCUT2D eigenvalue weighted by atomic mass is 16.2. The molecular weight excluding hydrogens is 224 g/mol. The van der Waals surface area contributed by atoms with Crippen molar-refractivity contribution in [3.05, 3.63) is 0 Å². The van der Waals surface area contributed by atoms with E-state index in [9.17, 15) is 4.79 Å². The Labute approximate surface area is 111 Å². The molecular formula is C15H28N2O. The van der Waals surface area contributed by atoms with Crippen LogP contribution in [0.3, 0.4) is 0 Å². The number of nitrogens with zero attached hydrogens (tertiary/aromatic N) is 1. The van der Waals surface area contributed by atoms with Gasteiger partial charge in [0.2, 0.25) is 5.91 Å². The van der Waals surface area contributed by atoms with Gasteiger partial charge in [0, 0.05) is 19.1 Å². The van der Waals surface area contributed by atoms with Crippen molar-refractivity contribution >= 4 is 5.91 Å². The molecule has 1 aliphatic heterocycles. The molecule has 2 rings (SSSR count). The summed E-state index contributed by atoms with van der Waals surface area (Å²) in [6.45, 7) is 8.59. The fourth-order valence-corrected chi connectivity index (χ4v) is 3.58. The molecule has 1 saturated carbocycles. The summed E-state index contributed by atoms with van der Waals surface area (Å²) in [6.07, 6.45) is 6.29. The standard InChI is InChI=1S/C15H28N2O/c1-11-7-6-8-12(2)14(11)16-13(3)15(18)17-9-4-5-10-17/h11-14,16H,4-10H2,1-3H3. The van der Waals surface area contributed by atoms with Gasteiger partial charge < -0.3 is 10.2 Å². The summed E-state index contributed by atoms with van der Waals surface area (Å²) in [5, 5.41) is 3.60. The average molecular weight is 252 g/mol. The molecule has 0 bridgehead atoms. The lowest BCUT2D eigenvalue weighted by Gasteiger charge is -2.37. The molecule has 0 aromatic rings. The molecule has 0 spiro atoms. The number of hydrogen-bond donors (Lipinski definition) is 1. The van der Waals surface area contributed by atoms with Crippen LogP contribution in [0.2, 0.25) is 0 Å². The minimum absolute atomic E-state index is 0.0175. The molecule has 104 valence electrons. The van der Waals surface area contributed by atoms with E-state index >= 15 is 0 Å². The first kappa shape index (κ1) is 13.9. The van der Waals surface area contributed by atoms with Crippen molar-refractivity contribution < 1.29 is 4.79 Å². The Hall–Kier alpha value is -0.570. The molecule has 18 heavy (non-hydrogen) atoms. The van der Waals surface area contributed by atoms with E-state index in [1.54, 1.807) is 0 Å². The monoisotopic (exact) mass is 252 g/mol. The van der Waals surface area contributed by atoms with Crippen LogP contribution < -0.4 is 5.32 Å². The summed E-state index contributed by atoms with van der Waals surface area (Å²) in [4.78, 5) is 14.3. The number of likely N-dealkylation sites (tertiary alicyclic amines) is 1. The first-order valence-corrected chi connectivity index (χ1v) is 7.64. The zero-order valence-corrected chi connectivity index (χ0v) is 12.1. The van der Waals surface area contributed by atoms with Crippen LogP contribution in [0.4, 0.5) is 0 Å². The molecule has 0 aromatic heterocycles. The van der Waals surface area contributed by atoms with E-state index in [1.807, 2.05) is 11.8 Å². The minimum Gasteiger partial charge on any atom is -0.341 e. The maximum absolute atomic E-state index is 12.3. The van der Waals surface area contributed by atoms with Crippen LogP contribution in [-0.2, 0) is 4.79 Å². The van der Waals surface area contributed by atoms with E-state index in [-0.39, 0.29) is 6.04 Å². The lowest BCUT2D eigenvalue weighted by molar-refractivity contribution is -0.132. The van der Waals surface area contributed by atoms with Gasteiger partial charge in [0.25, 0.3) is 0 Å². The molecule has 1 aliphatic carbocycles. The molecule has 2 fully saturated rings. The second kappa shape index (κ2) is 6.05. The molecule has 3 atom stereocenters. The van der Waals surface area contributed by atoms with Gasteiger partial charge in [-0.25, -0.2) is 0 Å². The summed E-state index contributed by atoms with van der Waals surface area (Å²) in [7, 11) is 0. The Morgan fingerprint density at radius 2 is 1.67 bits per heavy atom. The van der Waals surface area contributed by atoms with Crippen molar-refractivity contribution in [2.24, 2.45) is 11.8 Å². The van der Waals surface area contributed by atoms with Gasteiger partial charge >= 0.3 is 0 Å². The highest BCUT2D eigenvalue weighted by molar-refractivity contribution is 5.81. The molecule has 1 amide bonds. The van der Waals surface area contributed by atoms with E-state index in [2.05, 4.69) is 19.2 Å². The normalized spacial score (nSPS) is 34.6. The van der Waals surface area contributed by atoms with Crippen LogP contribution in [0, 0.1) is 11.8 Å². The predicted octanol–water partition coefficient (Wildman–Crippen LogP) is 2.41. The van der Waals surface area contributed by atoms with E-state index in [0.717, 1.165) is 13.1 Å². The maximum atomic E-state index is 12.3. The molecule has 0 aromatic carbocycles. The van der Waals surface area contributed by atoms with Crippen molar-refractivity contribution in [1.82, 2.24) is 10.2 Å². The van der Waals surface area contributed by atoms with Crippen LogP contribution >= 0.6 is 0 Å². The van der Waals surface area contributed by atoms with Gasteiger partial charge in [-0.2, -0.15) is 0 Å². The van der Waals surface area contributed by atoms with Crippen LogP contribution in [-0.4, -0.2) is 36.0 Å². The second-order valence-corrected chi connectivity index (χ2v) is 6.33. The Balaban J connectivity index is 1.88. The van der Waals surface area contributed by atoms with Gasteiger partial charge in [0.1, 0.15) is 0 Å². The lowest BCUT2D eigenvalue weighted by Crippen LogP contribution is -2.52. The average Bonchev–Trinajstić information content (AvgIpc) is 2.86. The Morgan fingerprint density at radius 3 is 2.22 bits per heavy atom. The largest absolute Gasteiger partial charge is 0.341 e. The zero-order valence-electron chi connectivity index (χ0n) is 12.1. The minimum atomic E-state index is -0.0175. The van der Waals surface area contributed by atoms with Gasteiger partial charge in [-0.15, -0.1) is 0 Å². The number of carbonyl (C=O) groups is 1. The van der Waals surface area contributed by atoms with Gasteiger partial charge in [-0.1, -0.05) is 20.3 Å². The third-order valence-corrected chi connectivity index (χ3v) is 4.78. The first-order chi connectivity index (χ1) is 8.59. The molecule has 1 saturated heterocycles. The fraction of sp³-hybridized carbons (Fsp3) is 0.933. The number of carbonyl (C=O) groups excluding carboxylic acids is 1. The van der Waals surface area contributed by atoms with E-state index < -0.39 is 0 Å². The summed E-state index contributed by atoms with van der Waals surface area (Å²) in [6, 6.07) is 0.497. The van der Waals surface area contributed by atoms with Crippen molar-refractivity contribution in [1.29, 1.82) is 0 Å². The SMILES string of the molecule is CC(NC1C(C)CCCC1C)C(=O)N1CCCC1. The molecule has 3 unspecified atom stereocenters. The Morgan fingerprint density at radius 1 is 1.11 bits per heavy atom. The number of nitrogens with one attached hydrogen (secondary N) is 1. The summed E-state index contributed by atoms with van der Waals surface area (Å²) in [5.74, 6) is 1.70. The predicted molar refractivity (Wildman–Crippen MR) is 74.4 cm³/mol. The smallest absolute Gasteiger partial charge is 0.239 e. The molecule has 2 aliphatic rings. The van der Waals surface area contributed by atoms with Crippen molar-refractivity contribution in [2.75, 3.05) is 13.1 Å². The van der Waals surface area contributed by atoms with Gasteiger partial charge in [-0.05, 0) is 44.4 Å². The Bertz CT molecular complexity index is 276. The summed E-state index contributed by atoms with van der Waals surface area (Å²) < 4.78 is 0. The fourth-order valence-electron chi connectivity index (χ4n) is 3.58. The quantitative estimate of drug-likeness (QED) is 0.836. The topological polar surface area (TPSA) is 32.3 Å². The first-order valence-electron chi connectivity index (χ1n) is 7.64. The van der Waals surface area contributed by atoms with Crippen LogP contribution in [0.25, 0.3) is 0 Å². The summed E-state index contributed by atoms with van der Waals surface area (Å²) >= 11 is 0. The molecule has 3 nitrogen and oxygen atoms in total. The van der Waals surface area contributed by atoms with Crippen molar-refractivity contribution in [3.8, 4) is 0 Å². The molecule has 0 radical (unpaired) electrons.